The molecule has 1 N–H and O–H groups in total. The van der Waals surface area contributed by atoms with Crippen molar-refractivity contribution in [2.75, 3.05) is 19.8 Å². The van der Waals surface area contributed by atoms with Crippen molar-refractivity contribution in [3.63, 3.8) is 0 Å². The Morgan fingerprint density at radius 2 is 1.72 bits per heavy atom. The van der Waals surface area contributed by atoms with Crippen LogP contribution in [0, 0.1) is 17.2 Å². The highest BCUT2D eigenvalue weighted by Crippen LogP contribution is 2.17. The standard InChI is InChI=1S/C18H24N2O5/c1-5-23-14-6-8-15(9-7-14)24-11-17(22)25-10-16(21)20-18(4,12-19)13(2)3/h6-9,13H,5,10-11H2,1-4H3,(H,20,21)/t18-/m0/s1. The van der Waals surface area contributed by atoms with Crippen LogP contribution in [0.5, 0.6) is 11.5 Å². The Kier molecular flexibility index (Phi) is 7.73. The molecule has 0 saturated carbocycles. The molecular weight excluding hydrogens is 324 g/mol. The van der Waals surface area contributed by atoms with E-state index in [-0.39, 0.29) is 12.5 Å². The molecule has 0 fully saturated rings. The first-order valence-corrected chi connectivity index (χ1v) is 8.04. The first-order chi connectivity index (χ1) is 11.8. The molecule has 136 valence electrons. The summed E-state index contributed by atoms with van der Waals surface area (Å²) >= 11 is 0. The average molecular weight is 348 g/mol. The molecule has 1 rings (SSSR count). The molecule has 0 aliphatic heterocycles. The van der Waals surface area contributed by atoms with E-state index < -0.39 is 24.0 Å². The van der Waals surface area contributed by atoms with Gasteiger partial charge in [0.25, 0.3) is 5.91 Å². The monoisotopic (exact) mass is 348 g/mol. The Balaban J connectivity index is 2.37. The lowest BCUT2D eigenvalue weighted by molar-refractivity contribution is -0.150. The van der Waals surface area contributed by atoms with Crippen LogP contribution < -0.4 is 14.8 Å². The molecule has 0 heterocycles. The van der Waals surface area contributed by atoms with Gasteiger partial charge in [-0.1, -0.05) is 13.8 Å². The van der Waals surface area contributed by atoms with E-state index >= 15 is 0 Å². The first kappa shape index (κ1) is 20.3. The van der Waals surface area contributed by atoms with Gasteiger partial charge in [0.15, 0.2) is 13.2 Å². The number of carbonyl (C=O) groups excluding carboxylic acids is 2. The fourth-order valence-corrected chi connectivity index (χ4v) is 1.76. The molecule has 0 spiro atoms. The van der Waals surface area contributed by atoms with Gasteiger partial charge in [0.05, 0.1) is 12.7 Å². The maximum absolute atomic E-state index is 11.8. The average Bonchev–Trinajstić information content (AvgIpc) is 2.59. The van der Waals surface area contributed by atoms with Gasteiger partial charge in [-0.15, -0.1) is 0 Å². The SMILES string of the molecule is CCOc1ccc(OCC(=O)OCC(=O)N[C@@](C)(C#N)C(C)C)cc1. The number of nitrogens with one attached hydrogen (secondary N) is 1. The summed E-state index contributed by atoms with van der Waals surface area (Å²) in [4.78, 5) is 23.4. The van der Waals surface area contributed by atoms with E-state index in [1.807, 2.05) is 26.8 Å². The van der Waals surface area contributed by atoms with Crippen LogP contribution in [0.15, 0.2) is 24.3 Å². The topological polar surface area (TPSA) is 97.7 Å². The van der Waals surface area contributed by atoms with Crippen LogP contribution in [-0.4, -0.2) is 37.2 Å². The Morgan fingerprint density at radius 1 is 1.16 bits per heavy atom. The van der Waals surface area contributed by atoms with Gasteiger partial charge >= 0.3 is 5.97 Å². The maximum atomic E-state index is 11.8. The van der Waals surface area contributed by atoms with Crippen molar-refractivity contribution < 1.29 is 23.8 Å². The number of carbonyl (C=O) groups is 2. The largest absolute Gasteiger partial charge is 0.494 e. The molecule has 1 aromatic carbocycles. The predicted molar refractivity (Wildman–Crippen MR) is 91.1 cm³/mol. The third kappa shape index (κ3) is 6.71. The Labute approximate surface area is 147 Å². The molecule has 0 bridgehead atoms. The van der Waals surface area contributed by atoms with Crippen molar-refractivity contribution in [1.29, 1.82) is 5.26 Å². The third-order valence-corrected chi connectivity index (χ3v) is 3.64. The fourth-order valence-electron chi connectivity index (χ4n) is 1.76. The number of amides is 1. The van der Waals surface area contributed by atoms with Gasteiger partial charge in [-0.25, -0.2) is 4.79 Å². The number of nitrogens with zero attached hydrogens (tertiary/aromatic N) is 1. The van der Waals surface area contributed by atoms with E-state index in [0.29, 0.717) is 18.1 Å². The number of esters is 1. The zero-order valence-electron chi connectivity index (χ0n) is 15.0. The molecule has 1 atom stereocenters. The summed E-state index contributed by atoms with van der Waals surface area (Å²) in [6, 6.07) is 8.85. The lowest BCUT2D eigenvalue weighted by atomic mass is 9.90. The van der Waals surface area contributed by atoms with Crippen molar-refractivity contribution >= 4 is 11.9 Å². The van der Waals surface area contributed by atoms with E-state index in [1.165, 1.54) is 0 Å². The summed E-state index contributed by atoms with van der Waals surface area (Å²) in [5, 5.41) is 11.7. The van der Waals surface area contributed by atoms with Gasteiger partial charge in [0.1, 0.15) is 17.0 Å². The Bertz CT molecular complexity index is 621. The normalized spacial score (nSPS) is 12.6. The number of hydrogen-bond acceptors (Lipinski definition) is 6. The Hall–Kier alpha value is -2.75. The fraction of sp³-hybridized carbons (Fsp3) is 0.500. The van der Waals surface area contributed by atoms with E-state index in [9.17, 15) is 9.59 Å². The minimum Gasteiger partial charge on any atom is -0.494 e. The number of ether oxygens (including phenoxy) is 3. The van der Waals surface area contributed by atoms with Gasteiger partial charge in [0, 0.05) is 0 Å². The quantitative estimate of drug-likeness (QED) is 0.686. The minimum atomic E-state index is -1.01. The molecule has 25 heavy (non-hydrogen) atoms. The van der Waals surface area contributed by atoms with Crippen LogP contribution in [-0.2, 0) is 14.3 Å². The van der Waals surface area contributed by atoms with Gasteiger partial charge in [-0.2, -0.15) is 5.26 Å². The highest BCUT2D eigenvalue weighted by atomic mass is 16.6. The summed E-state index contributed by atoms with van der Waals surface area (Å²) in [6.07, 6.45) is 0. The third-order valence-electron chi connectivity index (χ3n) is 3.64. The number of benzene rings is 1. The van der Waals surface area contributed by atoms with Crippen LogP contribution in [0.1, 0.15) is 27.7 Å². The van der Waals surface area contributed by atoms with Crippen LogP contribution in [0.4, 0.5) is 0 Å². The summed E-state index contributed by atoms with van der Waals surface area (Å²) in [5.74, 6) is -0.0962. The van der Waals surface area contributed by atoms with Gasteiger partial charge in [-0.3, -0.25) is 4.79 Å². The molecule has 1 amide bonds. The summed E-state index contributed by atoms with van der Waals surface area (Å²) < 4.78 is 15.4. The molecule has 0 aliphatic rings. The Morgan fingerprint density at radius 3 is 2.20 bits per heavy atom. The highest BCUT2D eigenvalue weighted by Gasteiger charge is 2.30. The van der Waals surface area contributed by atoms with E-state index in [4.69, 9.17) is 19.5 Å². The van der Waals surface area contributed by atoms with Gasteiger partial charge < -0.3 is 19.5 Å². The van der Waals surface area contributed by atoms with E-state index in [2.05, 4.69) is 5.32 Å². The molecular formula is C18H24N2O5. The van der Waals surface area contributed by atoms with Crippen LogP contribution in [0.25, 0.3) is 0 Å². The predicted octanol–water partition coefficient (Wildman–Crippen LogP) is 2.06. The van der Waals surface area contributed by atoms with Crippen LogP contribution >= 0.6 is 0 Å². The van der Waals surface area contributed by atoms with E-state index in [1.54, 1.807) is 31.2 Å². The van der Waals surface area contributed by atoms with Crippen molar-refractivity contribution in [2.45, 2.75) is 33.2 Å². The summed E-state index contributed by atoms with van der Waals surface area (Å²) in [7, 11) is 0. The molecule has 0 saturated heterocycles. The molecule has 7 nitrogen and oxygen atoms in total. The number of nitriles is 1. The summed E-state index contributed by atoms with van der Waals surface area (Å²) in [6.45, 7) is 6.93. The highest BCUT2D eigenvalue weighted by molar-refractivity contribution is 5.81. The van der Waals surface area contributed by atoms with Gasteiger partial charge in [0.2, 0.25) is 0 Å². The van der Waals surface area contributed by atoms with Crippen molar-refractivity contribution in [1.82, 2.24) is 5.32 Å². The lowest BCUT2D eigenvalue weighted by Gasteiger charge is -2.27. The van der Waals surface area contributed by atoms with E-state index in [0.717, 1.165) is 0 Å². The second-order valence-electron chi connectivity index (χ2n) is 5.87. The number of hydrogen-bond donors (Lipinski definition) is 1. The van der Waals surface area contributed by atoms with Crippen LogP contribution in [0.2, 0.25) is 0 Å². The molecule has 0 radical (unpaired) electrons. The first-order valence-electron chi connectivity index (χ1n) is 8.04. The zero-order chi connectivity index (χ0) is 18.9. The molecule has 0 unspecified atom stereocenters. The maximum Gasteiger partial charge on any atom is 0.344 e. The van der Waals surface area contributed by atoms with Crippen molar-refractivity contribution in [3.8, 4) is 17.6 Å². The summed E-state index contributed by atoms with van der Waals surface area (Å²) in [5.41, 5.74) is -1.01. The molecule has 1 aromatic rings. The second kappa shape index (κ2) is 9.52. The molecule has 0 aliphatic carbocycles. The van der Waals surface area contributed by atoms with Gasteiger partial charge in [-0.05, 0) is 44.0 Å². The zero-order valence-corrected chi connectivity index (χ0v) is 15.0. The lowest BCUT2D eigenvalue weighted by Crippen LogP contribution is -2.50. The number of rotatable bonds is 9. The molecule has 0 aromatic heterocycles. The molecule has 7 heteroatoms. The van der Waals surface area contributed by atoms with Crippen molar-refractivity contribution in [3.05, 3.63) is 24.3 Å². The van der Waals surface area contributed by atoms with Crippen molar-refractivity contribution in [2.24, 2.45) is 5.92 Å². The van der Waals surface area contributed by atoms with Crippen LogP contribution in [0.3, 0.4) is 0 Å². The minimum absolute atomic E-state index is 0.0832. The smallest absolute Gasteiger partial charge is 0.344 e. The second-order valence-corrected chi connectivity index (χ2v) is 5.87.